The van der Waals surface area contributed by atoms with E-state index in [9.17, 15) is 0 Å². The van der Waals surface area contributed by atoms with E-state index >= 15 is 4.39 Å². The van der Waals surface area contributed by atoms with Gasteiger partial charge in [0.15, 0.2) is 17.4 Å². The van der Waals surface area contributed by atoms with Gasteiger partial charge in [-0.2, -0.15) is 15.1 Å². The van der Waals surface area contributed by atoms with Crippen molar-refractivity contribution in [2.24, 2.45) is 0 Å². The number of H-pyrrole nitrogens is 1. The van der Waals surface area contributed by atoms with E-state index < -0.39 is 0 Å². The van der Waals surface area contributed by atoms with Crippen molar-refractivity contribution in [3.8, 4) is 11.8 Å². The lowest BCUT2D eigenvalue weighted by Gasteiger charge is -2.28. The van der Waals surface area contributed by atoms with Crippen LogP contribution < -0.4 is 15.0 Å². The molecule has 2 aromatic heterocycles. The van der Waals surface area contributed by atoms with E-state index in [0.717, 1.165) is 55.0 Å². The highest BCUT2D eigenvalue weighted by atomic mass is 19.1. The molecule has 0 atom stereocenters. The predicted octanol–water partition coefficient (Wildman–Crippen LogP) is 5.86. The molecule has 0 radical (unpaired) electrons. The van der Waals surface area contributed by atoms with Crippen LogP contribution in [0.2, 0.25) is 0 Å². The fraction of sp³-hybridized carbons (Fsp3) is 0.320. The van der Waals surface area contributed by atoms with Crippen molar-refractivity contribution in [1.29, 1.82) is 0 Å². The molecule has 0 unspecified atom stereocenters. The van der Waals surface area contributed by atoms with Crippen LogP contribution in [0.1, 0.15) is 49.9 Å². The molecule has 7 nitrogen and oxygen atoms in total. The molecule has 2 N–H and O–H groups in total. The maximum atomic E-state index is 15.1. The van der Waals surface area contributed by atoms with Crippen LogP contribution in [-0.4, -0.2) is 33.3 Å². The number of anilines is 3. The maximum absolute atomic E-state index is 15.1. The first-order valence-corrected chi connectivity index (χ1v) is 11.3. The van der Waals surface area contributed by atoms with Crippen molar-refractivity contribution in [3.05, 3.63) is 58.6 Å². The number of piperidine rings is 1. The quantitative estimate of drug-likeness (QED) is 0.494. The molecule has 1 aliphatic carbocycles. The van der Waals surface area contributed by atoms with Crippen LogP contribution >= 0.6 is 0 Å². The average Bonchev–Trinajstić information content (AvgIpc) is 3.42. The fourth-order valence-corrected chi connectivity index (χ4v) is 4.30. The standard InChI is InChI=1S/C25H27FN6O/c1-3-7-18-14-22(31-30-18)27-21-15-23(32-10-5-4-6-11-32)29-25(28-21)33-20-9-8-17-12-16(2)13-19(17)24(20)26/h3,7-9,13-15H,4-6,10-12H2,1-2H3,(H2,27,28,29,30,31)/b7-3+. The number of aromatic amines is 1. The Balaban J connectivity index is 1.47. The Bertz CT molecular complexity index is 1230. The lowest BCUT2D eigenvalue weighted by atomic mass is 10.1. The summed E-state index contributed by atoms with van der Waals surface area (Å²) in [5.41, 5.74) is 3.57. The SMILES string of the molecule is C/C=C/c1cc(Nc2cc(N3CCCCC3)nc(Oc3ccc4c(c3F)C=C(C)C4)n2)n[nH]1. The van der Waals surface area contributed by atoms with Gasteiger partial charge in [0.1, 0.15) is 11.6 Å². The molecular formula is C25H27FN6O. The maximum Gasteiger partial charge on any atom is 0.326 e. The molecule has 170 valence electrons. The Hall–Kier alpha value is -3.68. The Labute approximate surface area is 192 Å². The lowest BCUT2D eigenvalue weighted by Crippen LogP contribution is -2.30. The van der Waals surface area contributed by atoms with Gasteiger partial charge >= 0.3 is 6.01 Å². The summed E-state index contributed by atoms with van der Waals surface area (Å²) in [4.78, 5) is 11.3. The van der Waals surface area contributed by atoms with E-state index in [0.29, 0.717) is 17.2 Å². The first-order valence-electron chi connectivity index (χ1n) is 11.3. The minimum absolute atomic E-state index is 0.0994. The van der Waals surface area contributed by atoms with Crippen molar-refractivity contribution in [1.82, 2.24) is 20.2 Å². The second kappa shape index (κ2) is 9.05. The molecule has 2 aliphatic rings. The monoisotopic (exact) mass is 446 g/mol. The number of hydrogen-bond donors (Lipinski definition) is 2. The van der Waals surface area contributed by atoms with Crippen LogP contribution in [0.3, 0.4) is 0 Å². The number of benzene rings is 1. The van der Waals surface area contributed by atoms with Gasteiger partial charge in [0, 0.05) is 30.8 Å². The van der Waals surface area contributed by atoms with Crippen LogP contribution in [0.15, 0.2) is 35.9 Å². The minimum Gasteiger partial charge on any atom is -0.421 e. The van der Waals surface area contributed by atoms with Crippen molar-refractivity contribution in [2.45, 2.75) is 39.5 Å². The first kappa shape index (κ1) is 21.2. The second-order valence-corrected chi connectivity index (χ2v) is 8.50. The highest BCUT2D eigenvalue weighted by molar-refractivity contribution is 5.66. The zero-order chi connectivity index (χ0) is 22.8. The molecule has 8 heteroatoms. The van der Waals surface area contributed by atoms with E-state index in [1.165, 1.54) is 6.42 Å². The molecule has 1 fully saturated rings. The van der Waals surface area contributed by atoms with Gasteiger partial charge in [0.25, 0.3) is 0 Å². The molecule has 0 bridgehead atoms. The number of hydrogen-bond acceptors (Lipinski definition) is 6. The summed E-state index contributed by atoms with van der Waals surface area (Å²) in [7, 11) is 0. The van der Waals surface area contributed by atoms with Crippen molar-refractivity contribution >= 4 is 29.6 Å². The number of ether oxygens (including phenoxy) is 1. The van der Waals surface area contributed by atoms with Gasteiger partial charge in [-0.05, 0) is 57.2 Å². The zero-order valence-corrected chi connectivity index (χ0v) is 18.9. The number of nitrogens with one attached hydrogen (secondary N) is 2. The molecule has 0 spiro atoms. The number of halogens is 1. The first-order chi connectivity index (χ1) is 16.1. The second-order valence-electron chi connectivity index (χ2n) is 8.50. The summed E-state index contributed by atoms with van der Waals surface area (Å²) < 4.78 is 21.0. The van der Waals surface area contributed by atoms with Crippen LogP contribution in [0.4, 0.5) is 21.8 Å². The smallest absolute Gasteiger partial charge is 0.326 e. The average molecular weight is 447 g/mol. The van der Waals surface area contributed by atoms with Crippen LogP contribution in [0, 0.1) is 5.82 Å². The van der Waals surface area contributed by atoms with Crippen molar-refractivity contribution in [2.75, 3.05) is 23.3 Å². The number of allylic oxidation sites excluding steroid dienone is 2. The van der Waals surface area contributed by atoms with Gasteiger partial charge < -0.3 is 15.0 Å². The molecule has 1 saturated heterocycles. The molecule has 3 heterocycles. The van der Waals surface area contributed by atoms with E-state index in [1.807, 2.05) is 50.3 Å². The lowest BCUT2D eigenvalue weighted by molar-refractivity contribution is 0.410. The summed E-state index contributed by atoms with van der Waals surface area (Å²) in [6.07, 6.45) is 9.93. The third kappa shape index (κ3) is 4.60. The Morgan fingerprint density at radius 3 is 2.79 bits per heavy atom. The third-order valence-electron chi connectivity index (χ3n) is 5.87. The van der Waals surface area contributed by atoms with Gasteiger partial charge in [-0.3, -0.25) is 5.10 Å². The largest absolute Gasteiger partial charge is 0.421 e. The minimum atomic E-state index is -0.380. The zero-order valence-electron chi connectivity index (χ0n) is 18.9. The fourth-order valence-electron chi connectivity index (χ4n) is 4.30. The van der Waals surface area contributed by atoms with Gasteiger partial charge in [0.2, 0.25) is 0 Å². The topological polar surface area (TPSA) is 79.0 Å². The molecule has 0 saturated carbocycles. The van der Waals surface area contributed by atoms with Crippen LogP contribution in [-0.2, 0) is 6.42 Å². The normalized spacial score (nSPS) is 15.6. The Morgan fingerprint density at radius 2 is 1.97 bits per heavy atom. The third-order valence-corrected chi connectivity index (χ3v) is 5.87. The number of fused-ring (bicyclic) bond motifs is 1. The molecule has 1 aliphatic heterocycles. The van der Waals surface area contributed by atoms with E-state index in [2.05, 4.69) is 30.4 Å². The van der Waals surface area contributed by atoms with Crippen LogP contribution in [0.5, 0.6) is 11.8 Å². The highest BCUT2D eigenvalue weighted by Gasteiger charge is 2.20. The number of aromatic nitrogens is 4. The van der Waals surface area contributed by atoms with Gasteiger partial charge in [-0.15, -0.1) is 0 Å². The molecule has 3 aromatic rings. The van der Waals surface area contributed by atoms with E-state index in [4.69, 9.17) is 4.74 Å². The number of nitrogens with zero attached hydrogens (tertiary/aromatic N) is 4. The molecule has 33 heavy (non-hydrogen) atoms. The summed E-state index contributed by atoms with van der Waals surface area (Å²) in [6, 6.07) is 7.43. The summed E-state index contributed by atoms with van der Waals surface area (Å²) in [5.74, 6) is 1.66. The van der Waals surface area contributed by atoms with E-state index in [1.54, 1.807) is 6.07 Å². The van der Waals surface area contributed by atoms with Gasteiger partial charge in [0.05, 0.1) is 5.69 Å². The number of rotatable bonds is 6. The van der Waals surface area contributed by atoms with E-state index in [-0.39, 0.29) is 17.6 Å². The molecular weight excluding hydrogens is 419 g/mol. The Morgan fingerprint density at radius 1 is 1.12 bits per heavy atom. The van der Waals surface area contributed by atoms with Gasteiger partial charge in [-0.25, -0.2) is 4.39 Å². The highest BCUT2D eigenvalue weighted by Crippen LogP contribution is 2.34. The van der Waals surface area contributed by atoms with Gasteiger partial charge in [-0.1, -0.05) is 23.8 Å². The summed E-state index contributed by atoms with van der Waals surface area (Å²) in [5, 5.41) is 10.4. The summed E-state index contributed by atoms with van der Waals surface area (Å²) in [6.45, 7) is 5.78. The Kier molecular flexibility index (Phi) is 5.81. The van der Waals surface area contributed by atoms with Crippen molar-refractivity contribution in [3.63, 3.8) is 0 Å². The molecule has 5 rings (SSSR count). The molecule has 1 aromatic carbocycles. The molecule has 0 amide bonds. The summed E-state index contributed by atoms with van der Waals surface area (Å²) >= 11 is 0. The predicted molar refractivity (Wildman–Crippen MR) is 129 cm³/mol. The van der Waals surface area contributed by atoms with Crippen molar-refractivity contribution < 1.29 is 9.13 Å². The van der Waals surface area contributed by atoms with Crippen LogP contribution in [0.25, 0.3) is 12.2 Å².